The first-order valence-corrected chi connectivity index (χ1v) is 39.6. The molecule has 4 fully saturated rings. The van der Waals surface area contributed by atoms with Crippen LogP contribution in [0.15, 0.2) is 59.8 Å². The molecular weight excluding hydrogens is 1410 g/mol. The van der Waals surface area contributed by atoms with Crippen LogP contribution in [-0.2, 0) is 68.6 Å². The Morgan fingerprint density at radius 3 is 1.86 bits per heavy atom. The molecule has 4 aliphatic rings. The van der Waals surface area contributed by atoms with Crippen molar-refractivity contribution >= 4 is 71.0 Å². The molecule has 1 aromatic carbocycles. The van der Waals surface area contributed by atoms with E-state index in [1.807, 2.05) is 60.8 Å². The van der Waals surface area contributed by atoms with Crippen LogP contribution < -0.4 is 47.9 Å². The predicted octanol–water partition coefficient (Wildman–Crippen LogP) is 2.51. The minimum Gasteiger partial charge on any atom is -0.385 e. The van der Waals surface area contributed by atoms with Gasteiger partial charge >= 0.3 is 0 Å². The number of ketones is 2. The third-order valence-electron chi connectivity index (χ3n) is 18.7. The molecule has 2 aromatic heterocycles. The lowest BCUT2D eigenvalue weighted by Gasteiger charge is -2.34. The zero-order valence-corrected chi connectivity index (χ0v) is 63.9. The highest BCUT2D eigenvalue weighted by molar-refractivity contribution is 8.00. The van der Waals surface area contributed by atoms with Gasteiger partial charge in [0.15, 0.2) is 24.2 Å². The molecule has 7 amide bonds. The number of aliphatic hydroxyl groups excluding tert-OH is 1. The standard InChI is InChI=1S/C75H116N16O16S/c1-75(2)50-61(93)69(62(94)51-75)58(76-34-42-105-46-47-106-43-35-81-73(101)71-86-88-91(87-71)57-20-5-3-6-21-57)22-8-10-25-64(95)77-31-14-12-23-59(83-67(98)29-28-66(97)78-30-13-4-7-27-68(99)90-38-36-89(37-39-90)52-55-18-15-19-56(53-92)82-55)72(100)80-33-17-41-104-45-49-107-48-44-103-40-16-32-79-65(96)26-11-9-24-63-70-60(54-108-63)84-74(102)85-70/h3,5-6,15,18-21,53,59-60,63,70,74,76,84-85,102H,4,7-14,16-17,22-52,54H2,1-2H3,(H,77,95)(H,78,97)(H,79,96)(H,80,100)(H,81,101)(H,83,98)/t59-,60-,63-,70-,74?/m0/s1. The van der Waals surface area contributed by atoms with E-state index in [1.54, 1.807) is 18.2 Å². The first kappa shape index (κ1) is 87.5. The van der Waals surface area contributed by atoms with Crippen LogP contribution >= 0.6 is 11.8 Å². The van der Waals surface area contributed by atoms with Crippen LogP contribution in [0.25, 0.3) is 5.69 Å². The molecule has 1 saturated carbocycles. The number of tetrazole rings is 1. The number of para-hydroxylation sites is 1. The number of fused-ring (bicyclic) bond motifs is 1. The molecule has 1 unspecified atom stereocenters. The fraction of sp³-hybridized carbons (Fsp3) is 0.680. The minimum absolute atomic E-state index is 0.0407. The van der Waals surface area contributed by atoms with Gasteiger partial charge in [-0.2, -0.15) is 11.8 Å². The zero-order chi connectivity index (χ0) is 77.0. The van der Waals surface area contributed by atoms with Crippen molar-refractivity contribution in [2.45, 2.75) is 185 Å². The Morgan fingerprint density at radius 2 is 1.19 bits per heavy atom. The lowest BCUT2D eigenvalue weighted by Crippen LogP contribution is -2.48. The molecule has 108 heavy (non-hydrogen) atoms. The number of nitrogens with zero attached hydrogens (tertiary/aromatic N) is 7. The van der Waals surface area contributed by atoms with Crippen molar-refractivity contribution in [2.24, 2.45) is 5.41 Å². The highest BCUT2D eigenvalue weighted by Gasteiger charge is 2.42. The number of unbranched alkanes of at least 4 members (excludes halogenated alkanes) is 5. The third kappa shape index (κ3) is 34.0. The summed E-state index contributed by atoms with van der Waals surface area (Å²) in [5, 5.41) is 48.9. The van der Waals surface area contributed by atoms with E-state index in [2.05, 4.69) is 73.1 Å². The van der Waals surface area contributed by atoms with Crippen LogP contribution in [-0.4, -0.2) is 266 Å². The van der Waals surface area contributed by atoms with Gasteiger partial charge in [0.05, 0.1) is 69.8 Å². The quantitative estimate of drug-likeness (QED) is 0.0168. The summed E-state index contributed by atoms with van der Waals surface area (Å²) in [6, 6.07) is 14.2. The van der Waals surface area contributed by atoms with Gasteiger partial charge in [-0.25, -0.2) is 4.98 Å². The van der Waals surface area contributed by atoms with Crippen molar-refractivity contribution < 1.29 is 76.7 Å². The number of carbonyl (C=O) groups is 10. The Hall–Kier alpha value is -7.73. The molecule has 32 nitrogen and oxygen atoms in total. The summed E-state index contributed by atoms with van der Waals surface area (Å²) in [5.41, 5.74) is 2.15. The third-order valence-corrected chi connectivity index (χ3v) is 20.2. The number of hydrogen-bond donors (Lipinski definition) is 10. The number of Topliss-reactive ketones (excluding diaryl/α,β-unsaturated/α-hetero) is 2. The van der Waals surface area contributed by atoms with E-state index in [0.29, 0.717) is 198 Å². The summed E-state index contributed by atoms with van der Waals surface area (Å²) in [6.45, 7) is 12.5. The van der Waals surface area contributed by atoms with Crippen molar-refractivity contribution in [3.63, 3.8) is 0 Å². The number of benzene rings is 1. The van der Waals surface area contributed by atoms with Crippen molar-refractivity contribution in [1.82, 2.24) is 82.8 Å². The summed E-state index contributed by atoms with van der Waals surface area (Å²) in [5.74, 6) is -1.18. The number of amides is 7. The monoisotopic (exact) mass is 1530 g/mol. The number of carbonyl (C=O) groups excluding carboxylic acids is 10. The molecule has 33 heteroatoms. The number of hydrogen-bond acceptors (Lipinski definition) is 25. The second kappa shape index (κ2) is 50.1. The SMILES string of the molecule is CC1(C)CC(=O)C(=C(CCCCC(=O)NCCCC[C@H](NC(=O)CCC(=O)NCCCCCC(=O)N2CCN(Cc3cccc(C=O)n3)CC2)C(=O)NCCCOCCOCCOCCCNC(=O)CCCC[C@@H]2SC[C@@H]3NC(O)N[C@@H]32)NCCOCCOCCNC(=O)c2nnn(-c3ccccc3)n2)C(=O)C1. The highest BCUT2D eigenvalue weighted by Crippen LogP contribution is 2.36. The molecule has 0 spiro atoms. The van der Waals surface area contributed by atoms with Gasteiger partial charge in [-0.15, -0.1) is 15.0 Å². The first-order chi connectivity index (χ1) is 52.4. The number of ether oxygens (including phenoxy) is 5. The van der Waals surface area contributed by atoms with Gasteiger partial charge in [0.25, 0.3) is 11.7 Å². The molecule has 7 rings (SSSR count). The lowest BCUT2D eigenvalue weighted by atomic mass is 9.73. The van der Waals surface area contributed by atoms with Gasteiger partial charge in [0, 0.05) is 159 Å². The molecular formula is C75H116N16O16S. The number of nitrogens with one attached hydrogen (secondary N) is 9. The zero-order valence-electron chi connectivity index (χ0n) is 63.1. The highest BCUT2D eigenvalue weighted by atomic mass is 32.2. The van der Waals surface area contributed by atoms with E-state index in [1.165, 1.54) is 4.80 Å². The number of piperazine rings is 1. The van der Waals surface area contributed by atoms with E-state index >= 15 is 0 Å². The van der Waals surface area contributed by atoms with Gasteiger partial charge in [-0.3, -0.25) is 63.5 Å². The molecule has 5 atom stereocenters. The maximum atomic E-state index is 13.6. The van der Waals surface area contributed by atoms with E-state index in [4.69, 9.17) is 23.7 Å². The Labute approximate surface area is 638 Å². The first-order valence-electron chi connectivity index (χ1n) is 38.6. The maximum Gasteiger partial charge on any atom is 0.292 e. The lowest BCUT2D eigenvalue weighted by molar-refractivity contribution is -0.133. The molecule has 3 aromatic rings. The number of aldehydes is 1. The number of rotatable bonds is 55. The van der Waals surface area contributed by atoms with Crippen LogP contribution in [0.4, 0.5) is 0 Å². The Kier molecular flexibility index (Phi) is 40.6. The minimum atomic E-state index is -0.901. The van der Waals surface area contributed by atoms with Gasteiger partial charge in [-0.05, 0) is 112 Å². The van der Waals surface area contributed by atoms with Gasteiger partial charge in [0.2, 0.25) is 35.4 Å². The van der Waals surface area contributed by atoms with Crippen molar-refractivity contribution in [1.29, 1.82) is 0 Å². The number of aromatic nitrogens is 5. The molecule has 3 aliphatic heterocycles. The molecule has 0 bridgehead atoms. The Bertz CT molecular complexity index is 3280. The van der Waals surface area contributed by atoms with Crippen molar-refractivity contribution in [3.05, 3.63) is 77.0 Å². The van der Waals surface area contributed by atoms with Gasteiger partial charge in [-0.1, -0.05) is 51.0 Å². The maximum absolute atomic E-state index is 13.6. The largest absolute Gasteiger partial charge is 0.385 e. The van der Waals surface area contributed by atoms with Crippen molar-refractivity contribution in [3.8, 4) is 5.69 Å². The smallest absolute Gasteiger partial charge is 0.292 e. The van der Waals surface area contributed by atoms with E-state index in [-0.39, 0.29) is 137 Å². The molecule has 0 radical (unpaired) electrons. The van der Waals surface area contributed by atoms with E-state index in [9.17, 15) is 53.1 Å². The second-order valence-corrected chi connectivity index (χ2v) is 29.5. The van der Waals surface area contributed by atoms with Crippen LogP contribution in [0.3, 0.4) is 0 Å². The summed E-state index contributed by atoms with van der Waals surface area (Å²) in [7, 11) is 0. The fourth-order valence-electron chi connectivity index (χ4n) is 13.0. The molecule has 1 aliphatic carbocycles. The van der Waals surface area contributed by atoms with Gasteiger partial charge in [0.1, 0.15) is 11.7 Å². The number of aliphatic hydroxyl groups is 1. The van der Waals surface area contributed by atoms with Crippen LogP contribution in [0.2, 0.25) is 0 Å². The summed E-state index contributed by atoms with van der Waals surface area (Å²) >= 11 is 1.92. The molecule has 598 valence electrons. The predicted molar refractivity (Wildman–Crippen MR) is 403 cm³/mol. The Morgan fingerprint density at radius 1 is 0.602 bits per heavy atom. The van der Waals surface area contributed by atoms with E-state index < -0.39 is 29.6 Å². The normalized spacial score (nSPS) is 17.9. The average molecular weight is 1530 g/mol. The molecule has 3 saturated heterocycles. The topological polar surface area (TPSA) is 408 Å². The number of pyridine rings is 1. The fourth-order valence-corrected chi connectivity index (χ4v) is 14.5. The molecule has 10 N–H and O–H groups in total. The number of thioether (sulfide) groups is 1. The summed E-state index contributed by atoms with van der Waals surface area (Å²) < 4.78 is 28.4. The summed E-state index contributed by atoms with van der Waals surface area (Å²) in [4.78, 5) is 138. The number of allylic oxidation sites excluding steroid dienone is 2. The van der Waals surface area contributed by atoms with Crippen LogP contribution in [0.1, 0.15) is 175 Å². The second-order valence-electron chi connectivity index (χ2n) is 28.2. The van der Waals surface area contributed by atoms with Gasteiger partial charge < -0.3 is 70.9 Å². The van der Waals surface area contributed by atoms with Crippen LogP contribution in [0, 0.1) is 5.41 Å². The molecule has 5 heterocycles. The van der Waals surface area contributed by atoms with Crippen LogP contribution in [0.5, 0.6) is 0 Å². The van der Waals surface area contributed by atoms with E-state index in [0.717, 1.165) is 43.4 Å². The summed E-state index contributed by atoms with van der Waals surface area (Å²) in [6.07, 6.45) is 10.2. The Balaban J connectivity index is 0.738. The van der Waals surface area contributed by atoms with Crippen molar-refractivity contribution in [2.75, 3.05) is 137 Å². The average Bonchev–Trinajstić information content (AvgIpc) is 0.998.